The van der Waals surface area contributed by atoms with Gasteiger partial charge in [0.2, 0.25) is 0 Å². The van der Waals surface area contributed by atoms with Crippen LogP contribution in [0.1, 0.15) is 85.0 Å². The molecule has 1 unspecified atom stereocenters. The normalized spacial score (nSPS) is 18.8. The topological polar surface area (TPSA) is 114 Å². The molecule has 0 spiro atoms. The minimum absolute atomic E-state index is 0.00365. The SMILES string of the molecule is CC(C)CC[C@]1(c2ccc(F)cc2)N=C(N)N(C(COC(C)C)c2ccc(C(F)(F)F)c(C(=O)N3Cc4nccnc4C3)c2)C1=O. The highest BCUT2D eigenvalue weighted by atomic mass is 19.4. The number of benzene rings is 2. The van der Waals surface area contributed by atoms with E-state index < -0.39 is 46.5 Å². The Morgan fingerprint density at radius 2 is 1.65 bits per heavy atom. The van der Waals surface area contributed by atoms with E-state index in [0.717, 1.165) is 12.1 Å². The predicted molar refractivity (Wildman–Crippen MR) is 162 cm³/mol. The summed E-state index contributed by atoms with van der Waals surface area (Å²) < 4.78 is 62.7. The van der Waals surface area contributed by atoms with Crippen LogP contribution in [0.25, 0.3) is 0 Å². The number of halogens is 4. The fraction of sp³-hybridized carbons (Fsp3) is 0.424. The summed E-state index contributed by atoms with van der Waals surface area (Å²) in [7, 11) is 0. The highest BCUT2D eigenvalue weighted by molar-refractivity contribution is 6.07. The van der Waals surface area contributed by atoms with Crippen molar-refractivity contribution in [3.63, 3.8) is 0 Å². The number of aliphatic imine (C=N–C) groups is 1. The summed E-state index contributed by atoms with van der Waals surface area (Å²) in [6.07, 6.45) is -1.38. The van der Waals surface area contributed by atoms with Gasteiger partial charge in [-0.05, 0) is 68.0 Å². The lowest BCUT2D eigenvalue weighted by Gasteiger charge is -2.32. The molecule has 0 bridgehead atoms. The zero-order chi connectivity index (χ0) is 33.4. The largest absolute Gasteiger partial charge is 0.417 e. The number of guanidine groups is 1. The fourth-order valence-corrected chi connectivity index (χ4v) is 5.81. The molecule has 13 heteroatoms. The molecule has 0 fully saturated rings. The summed E-state index contributed by atoms with van der Waals surface area (Å²) in [6.45, 7) is 7.40. The molecule has 0 saturated carbocycles. The van der Waals surface area contributed by atoms with E-state index in [2.05, 4.69) is 15.0 Å². The average molecular weight is 641 g/mol. The molecule has 5 rings (SSSR count). The first-order valence-corrected chi connectivity index (χ1v) is 15.1. The molecule has 2 N–H and O–H groups in total. The molecular formula is C33H36F4N6O3. The number of amides is 2. The van der Waals surface area contributed by atoms with Crippen LogP contribution in [0.15, 0.2) is 59.9 Å². The van der Waals surface area contributed by atoms with Crippen LogP contribution in [0.3, 0.4) is 0 Å². The van der Waals surface area contributed by atoms with E-state index in [1.54, 1.807) is 13.8 Å². The van der Waals surface area contributed by atoms with Crippen LogP contribution in [-0.2, 0) is 34.3 Å². The number of alkyl halides is 3. The third kappa shape index (κ3) is 6.46. The second kappa shape index (κ2) is 12.8. The van der Waals surface area contributed by atoms with Crippen molar-refractivity contribution in [3.8, 4) is 0 Å². The van der Waals surface area contributed by atoms with Crippen molar-refractivity contribution in [2.45, 2.75) is 77.5 Å². The van der Waals surface area contributed by atoms with Gasteiger partial charge in [-0.15, -0.1) is 0 Å². The van der Waals surface area contributed by atoms with Gasteiger partial charge >= 0.3 is 6.18 Å². The van der Waals surface area contributed by atoms with Crippen molar-refractivity contribution in [2.24, 2.45) is 16.6 Å². The van der Waals surface area contributed by atoms with Crippen molar-refractivity contribution in [3.05, 3.63) is 94.3 Å². The van der Waals surface area contributed by atoms with Crippen LogP contribution in [0.4, 0.5) is 17.6 Å². The summed E-state index contributed by atoms with van der Waals surface area (Å²) in [4.78, 5) is 43.7. The third-order valence-electron chi connectivity index (χ3n) is 8.22. The zero-order valence-corrected chi connectivity index (χ0v) is 26.0. The predicted octanol–water partition coefficient (Wildman–Crippen LogP) is 5.75. The van der Waals surface area contributed by atoms with E-state index >= 15 is 0 Å². The van der Waals surface area contributed by atoms with Crippen molar-refractivity contribution in [1.29, 1.82) is 0 Å². The monoisotopic (exact) mass is 640 g/mol. The standard InChI is InChI=1S/C33H36F4N6O3/c1-19(2)11-12-32(22-6-8-23(34)9-7-22)30(45)43(31(38)41-32)28(18-46-20(3)4)21-5-10-25(33(35,36)37)24(15-21)29(44)42-16-26-27(17-42)40-14-13-39-26/h5-10,13-15,19-20,28H,11-12,16-18H2,1-4H3,(H2,38,41)/t28?,32-/m1/s1. The first kappa shape index (κ1) is 33.0. The Morgan fingerprint density at radius 3 is 2.22 bits per heavy atom. The highest BCUT2D eigenvalue weighted by Gasteiger charge is 2.51. The molecule has 1 aromatic heterocycles. The number of fused-ring (bicyclic) bond motifs is 1. The van der Waals surface area contributed by atoms with Gasteiger partial charge in [0.1, 0.15) is 5.82 Å². The highest BCUT2D eigenvalue weighted by Crippen LogP contribution is 2.42. The Bertz CT molecular complexity index is 1620. The van der Waals surface area contributed by atoms with Gasteiger partial charge in [0, 0.05) is 12.4 Å². The number of rotatable bonds is 10. The molecule has 3 heterocycles. The van der Waals surface area contributed by atoms with Crippen molar-refractivity contribution in [2.75, 3.05) is 6.61 Å². The number of aromatic nitrogens is 2. The van der Waals surface area contributed by atoms with Crippen LogP contribution in [0.5, 0.6) is 0 Å². The Balaban J connectivity index is 1.58. The first-order valence-electron chi connectivity index (χ1n) is 15.1. The minimum Gasteiger partial charge on any atom is -0.376 e. The maximum Gasteiger partial charge on any atom is 0.417 e. The van der Waals surface area contributed by atoms with Gasteiger partial charge in [-0.25, -0.2) is 9.38 Å². The number of nitrogens with zero attached hydrogens (tertiary/aromatic N) is 5. The van der Waals surface area contributed by atoms with Crippen LogP contribution in [0, 0.1) is 11.7 Å². The maximum absolute atomic E-state index is 14.5. The summed E-state index contributed by atoms with van der Waals surface area (Å²) in [5.41, 5.74) is 4.94. The molecule has 0 saturated heterocycles. The van der Waals surface area contributed by atoms with E-state index in [-0.39, 0.29) is 49.7 Å². The molecule has 0 aliphatic carbocycles. The Kier molecular flexibility index (Phi) is 9.16. The van der Waals surface area contributed by atoms with Crippen LogP contribution < -0.4 is 5.73 Å². The number of hydrogen-bond acceptors (Lipinski definition) is 7. The van der Waals surface area contributed by atoms with Crippen LogP contribution >= 0.6 is 0 Å². The maximum atomic E-state index is 14.5. The van der Waals surface area contributed by atoms with Crippen LogP contribution in [0.2, 0.25) is 0 Å². The quantitative estimate of drug-likeness (QED) is 0.283. The minimum atomic E-state index is -4.84. The summed E-state index contributed by atoms with van der Waals surface area (Å²) in [6, 6.07) is 7.63. The lowest BCUT2D eigenvalue weighted by atomic mass is 9.83. The molecule has 244 valence electrons. The molecule has 3 aromatic rings. The van der Waals surface area contributed by atoms with Gasteiger partial charge in [0.15, 0.2) is 11.5 Å². The van der Waals surface area contributed by atoms with Gasteiger partial charge in [-0.2, -0.15) is 13.2 Å². The Hall–Kier alpha value is -4.39. The lowest BCUT2D eigenvalue weighted by molar-refractivity contribution is -0.138. The van der Waals surface area contributed by atoms with Crippen LogP contribution in [-0.4, -0.2) is 50.3 Å². The second-order valence-corrected chi connectivity index (χ2v) is 12.3. The molecular weight excluding hydrogens is 604 g/mol. The molecule has 2 aliphatic heterocycles. The fourth-order valence-electron chi connectivity index (χ4n) is 5.81. The molecule has 0 radical (unpaired) electrons. The van der Waals surface area contributed by atoms with Gasteiger partial charge in [-0.3, -0.25) is 24.5 Å². The molecule has 2 aliphatic rings. The molecule has 2 aromatic carbocycles. The van der Waals surface area contributed by atoms with Crippen molar-refractivity contribution < 1.29 is 31.9 Å². The average Bonchev–Trinajstić information content (AvgIpc) is 3.54. The van der Waals surface area contributed by atoms with Gasteiger partial charge < -0.3 is 15.4 Å². The third-order valence-corrected chi connectivity index (χ3v) is 8.22. The van der Waals surface area contributed by atoms with Crippen molar-refractivity contribution >= 4 is 17.8 Å². The smallest absolute Gasteiger partial charge is 0.376 e. The van der Waals surface area contributed by atoms with E-state index in [1.807, 2.05) is 13.8 Å². The summed E-state index contributed by atoms with van der Waals surface area (Å²) >= 11 is 0. The molecule has 2 amide bonds. The number of nitrogens with two attached hydrogens (primary N) is 1. The molecule has 46 heavy (non-hydrogen) atoms. The number of carbonyl (C=O) groups excluding carboxylic acids is 2. The van der Waals surface area contributed by atoms with E-state index in [0.29, 0.717) is 23.4 Å². The Morgan fingerprint density at radius 1 is 1.02 bits per heavy atom. The summed E-state index contributed by atoms with van der Waals surface area (Å²) in [5, 5.41) is 0. The van der Waals surface area contributed by atoms with E-state index in [4.69, 9.17) is 10.5 Å². The molecule has 9 nitrogen and oxygen atoms in total. The second-order valence-electron chi connectivity index (χ2n) is 12.3. The van der Waals surface area contributed by atoms with Gasteiger partial charge in [0.05, 0.1) is 54.4 Å². The van der Waals surface area contributed by atoms with Gasteiger partial charge in [0.25, 0.3) is 11.8 Å². The van der Waals surface area contributed by atoms with Gasteiger partial charge in [-0.1, -0.05) is 32.0 Å². The Labute approximate surface area is 264 Å². The lowest BCUT2D eigenvalue weighted by Crippen LogP contribution is -2.46. The van der Waals surface area contributed by atoms with E-state index in [1.165, 1.54) is 52.5 Å². The summed E-state index contributed by atoms with van der Waals surface area (Å²) in [5.74, 6) is -1.82. The number of carbonyl (C=O) groups is 2. The van der Waals surface area contributed by atoms with Crippen molar-refractivity contribution in [1.82, 2.24) is 19.8 Å². The van der Waals surface area contributed by atoms with E-state index in [9.17, 15) is 27.2 Å². The number of hydrogen-bond donors (Lipinski definition) is 1. The first-order chi connectivity index (χ1) is 21.7. The zero-order valence-electron chi connectivity index (χ0n) is 26.0. The number of ether oxygens (including phenoxy) is 1. The molecule has 2 atom stereocenters.